The largest absolute Gasteiger partial charge is 0.310 e. The third-order valence-corrected chi connectivity index (χ3v) is 6.04. The summed E-state index contributed by atoms with van der Waals surface area (Å²) in [6.45, 7) is 0.110. The van der Waals surface area contributed by atoms with Crippen LogP contribution in [-0.4, -0.2) is 36.1 Å². The van der Waals surface area contributed by atoms with Gasteiger partial charge in [0.15, 0.2) is 5.00 Å². The second kappa shape index (κ2) is 7.08. The van der Waals surface area contributed by atoms with Gasteiger partial charge in [0.25, 0.3) is 0 Å². The maximum absolute atomic E-state index is 11.9. The highest BCUT2D eigenvalue weighted by Crippen LogP contribution is 2.36. The molecule has 0 saturated carbocycles. The van der Waals surface area contributed by atoms with Crippen LogP contribution < -0.4 is 16.0 Å². The fourth-order valence-corrected chi connectivity index (χ4v) is 4.19. The quantitative estimate of drug-likeness (QED) is 0.261. The van der Waals surface area contributed by atoms with Gasteiger partial charge >= 0.3 is 5.69 Å². The highest BCUT2D eigenvalue weighted by atomic mass is 32.2. The molecule has 12 heteroatoms. The minimum absolute atomic E-state index is 0.0370. The lowest BCUT2D eigenvalue weighted by molar-refractivity contribution is -0.383. The second-order valence-electron chi connectivity index (χ2n) is 3.71. The number of nitrogens with one attached hydrogen (secondary N) is 2. The molecule has 1 heterocycles. The van der Waals surface area contributed by atoms with E-state index in [2.05, 4.69) is 10.1 Å². The van der Waals surface area contributed by atoms with Gasteiger partial charge in [0, 0.05) is 35.4 Å². The predicted octanol–water partition coefficient (Wildman–Crippen LogP) is -0.0112. The average Bonchev–Trinajstić information content (AvgIpc) is 2.79. The molecule has 0 aliphatic heterocycles. The summed E-state index contributed by atoms with van der Waals surface area (Å²) in [7, 11) is -4.83. The van der Waals surface area contributed by atoms with Gasteiger partial charge in [-0.1, -0.05) is 11.3 Å². The molecule has 1 atom stereocenters. The van der Waals surface area contributed by atoms with Crippen molar-refractivity contribution in [2.24, 2.45) is 5.84 Å². The van der Waals surface area contributed by atoms with E-state index in [9.17, 15) is 22.7 Å². The van der Waals surface area contributed by atoms with Crippen LogP contribution in [0.3, 0.4) is 0 Å². The summed E-state index contributed by atoms with van der Waals surface area (Å²) in [5.41, 5.74) is 1.70. The van der Waals surface area contributed by atoms with E-state index in [1.807, 2.05) is 0 Å². The molecule has 0 aromatic carbocycles. The van der Waals surface area contributed by atoms with Crippen LogP contribution in [0, 0.1) is 10.1 Å². The molecule has 1 aromatic heterocycles. The summed E-state index contributed by atoms with van der Waals surface area (Å²) in [6.07, 6.45) is 1.94. The second-order valence-corrected chi connectivity index (χ2v) is 8.31. The van der Waals surface area contributed by atoms with Gasteiger partial charge in [0.2, 0.25) is 10.0 Å². The molecule has 1 rings (SSSR count). The third kappa shape index (κ3) is 4.49. The lowest BCUT2D eigenvalue weighted by atomic mass is 10.5. The number of nitrogen functional groups attached to an aromatic ring is 1. The number of thiophene rings is 1. The van der Waals surface area contributed by atoms with Crippen LogP contribution in [0.1, 0.15) is 6.42 Å². The molecular formula is C8H14N4O5S3. The van der Waals surface area contributed by atoms with E-state index >= 15 is 0 Å². The molecule has 20 heavy (non-hydrogen) atoms. The smallest absolute Gasteiger partial charge is 0.306 e. The summed E-state index contributed by atoms with van der Waals surface area (Å²) in [5.74, 6) is 5.48. The Kier molecular flexibility index (Phi) is 6.01. The lowest BCUT2D eigenvalue weighted by Gasteiger charge is -2.03. The first kappa shape index (κ1) is 17.0. The zero-order valence-corrected chi connectivity index (χ0v) is 12.9. The van der Waals surface area contributed by atoms with Crippen molar-refractivity contribution < 1.29 is 17.6 Å². The Labute approximate surface area is 122 Å². The molecule has 0 spiro atoms. The first-order valence-corrected chi connectivity index (χ1v) is 9.35. The summed E-state index contributed by atoms with van der Waals surface area (Å²) in [6, 6.07) is 0.945. The van der Waals surface area contributed by atoms with Gasteiger partial charge in [0.05, 0.1) is 4.92 Å². The molecule has 114 valence electrons. The first-order chi connectivity index (χ1) is 9.27. The number of nitrogens with zero attached hydrogens (tertiary/aromatic N) is 1. The van der Waals surface area contributed by atoms with Crippen LogP contribution >= 0.6 is 11.3 Å². The van der Waals surface area contributed by atoms with E-state index in [-0.39, 0.29) is 15.8 Å². The fourth-order valence-electron chi connectivity index (χ4n) is 1.28. The Morgan fingerprint density at radius 1 is 1.55 bits per heavy atom. The van der Waals surface area contributed by atoms with Crippen molar-refractivity contribution in [3.05, 3.63) is 16.2 Å². The van der Waals surface area contributed by atoms with Crippen molar-refractivity contribution in [1.29, 1.82) is 0 Å². The molecule has 0 radical (unpaired) electrons. The van der Waals surface area contributed by atoms with Gasteiger partial charge in [-0.25, -0.2) is 19.0 Å². The van der Waals surface area contributed by atoms with Crippen molar-refractivity contribution in [2.75, 3.05) is 24.0 Å². The van der Waals surface area contributed by atoms with Crippen LogP contribution in [0.5, 0.6) is 0 Å². The monoisotopic (exact) mass is 342 g/mol. The van der Waals surface area contributed by atoms with Crippen LogP contribution in [0.15, 0.2) is 10.3 Å². The van der Waals surface area contributed by atoms with E-state index in [4.69, 9.17) is 5.84 Å². The highest BCUT2D eigenvalue weighted by Gasteiger charge is 2.25. The number of nitrogens with two attached hydrogens (primary N) is 1. The lowest BCUT2D eigenvalue weighted by Crippen LogP contribution is -2.25. The number of hydrogen-bond acceptors (Lipinski definition) is 8. The van der Waals surface area contributed by atoms with Crippen molar-refractivity contribution in [1.82, 2.24) is 4.72 Å². The van der Waals surface area contributed by atoms with Gasteiger partial charge in [-0.3, -0.25) is 14.3 Å². The summed E-state index contributed by atoms with van der Waals surface area (Å²) in [4.78, 5) is 10.0. The van der Waals surface area contributed by atoms with E-state index in [0.717, 1.165) is 6.07 Å². The minimum atomic E-state index is -3.83. The predicted molar refractivity (Wildman–Crippen MR) is 77.5 cm³/mol. The Balaban J connectivity index is 2.82. The summed E-state index contributed by atoms with van der Waals surface area (Å²) >= 11 is 0.671. The zero-order chi connectivity index (χ0) is 15.3. The van der Waals surface area contributed by atoms with E-state index in [1.165, 1.54) is 6.26 Å². The Morgan fingerprint density at radius 3 is 2.65 bits per heavy atom. The average molecular weight is 342 g/mol. The third-order valence-electron chi connectivity index (χ3n) is 2.18. The Bertz CT molecular complexity index is 612. The number of rotatable bonds is 8. The van der Waals surface area contributed by atoms with Gasteiger partial charge in [-0.15, -0.1) is 0 Å². The van der Waals surface area contributed by atoms with Crippen molar-refractivity contribution >= 4 is 42.8 Å². The Morgan fingerprint density at radius 2 is 2.20 bits per heavy atom. The maximum atomic E-state index is 11.9. The minimum Gasteiger partial charge on any atom is -0.310 e. The van der Waals surface area contributed by atoms with Gasteiger partial charge < -0.3 is 5.43 Å². The van der Waals surface area contributed by atoms with Crippen LogP contribution in [0.25, 0.3) is 0 Å². The van der Waals surface area contributed by atoms with Crippen LogP contribution in [0.2, 0.25) is 0 Å². The molecule has 0 fully saturated rings. The highest BCUT2D eigenvalue weighted by molar-refractivity contribution is 7.91. The Hall–Kier alpha value is -1.08. The number of nitro groups is 1. The molecule has 9 nitrogen and oxygen atoms in total. The van der Waals surface area contributed by atoms with Gasteiger partial charge in [-0.05, 0) is 6.42 Å². The summed E-state index contributed by atoms with van der Waals surface area (Å²) < 4.78 is 36.8. The number of hydrogen-bond donors (Lipinski definition) is 3. The molecule has 0 aliphatic rings. The molecule has 0 aliphatic carbocycles. The molecular weight excluding hydrogens is 328 g/mol. The van der Waals surface area contributed by atoms with Crippen molar-refractivity contribution in [3.63, 3.8) is 0 Å². The molecule has 0 bridgehead atoms. The van der Waals surface area contributed by atoms with E-state index in [0.29, 0.717) is 23.5 Å². The standard InChI is InChI=1S/C8H14N4O5S3/c1-19(15)4-2-3-10-20(16,17)7-5-6(12(13)14)8(11-9)18-7/h5,10-11H,2-4,9H2,1H3. The zero-order valence-electron chi connectivity index (χ0n) is 10.5. The fraction of sp³-hybridized carbons (Fsp3) is 0.500. The van der Waals surface area contributed by atoms with E-state index < -0.39 is 31.4 Å². The topological polar surface area (TPSA) is 144 Å². The summed E-state index contributed by atoms with van der Waals surface area (Å²) in [5, 5.41) is 10.7. The molecule has 1 aromatic rings. The first-order valence-electron chi connectivity index (χ1n) is 5.32. The normalized spacial score (nSPS) is 13.1. The maximum Gasteiger partial charge on any atom is 0.306 e. The van der Waals surface area contributed by atoms with Crippen LogP contribution in [0.4, 0.5) is 10.7 Å². The van der Waals surface area contributed by atoms with Crippen molar-refractivity contribution in [2.45, 2.75) is 10.6 Å². The number of anilines is 1. The SMILES string of the molecule is CS(=O)CCCNS(=O)(=O)c1cc([N+](=O)[O-])c(NN)s1. The molecule has 4 N–H and O–H groups in total. The van der Waals surface area contributed by atoms with Crippen molar-refractivity contribution in [3.8, 4) is 0 Å². The van der Waals surface area contributed by atoms with Crippen LogP contribution in [-0.2, 0) is 20.8 Å². The van der Waals surface area contributed by atoms with Gasteiger partial charge in [-0.2, -0.15) is 0 Å². The number of sulfonamides is 1. The molecule has 0 amide bonds. The molecule has 0 saturated heterocycles. The van der Waals surface area contributed by atoms with E-state index in [1.54, 1.807) is 0 Å². The number of hydrazine groups is 1. The van der Waals surface area contributed by atoms with Gasteiger partial charge in [0.1, 0.15) is 4.21 Å². The molecule has 1 unspecified atom stereocenters.